The van der Waals surface area contributed by atoms with Gasteiger partial charge in [-0.3, -0.25) is 14.3 Å². The number of hydrogen-bond donors (Lipinski definition) is 1. The van der Waals surface area contributed by atoms with Crippen molar-refractivity contribution in [2.45, 2.75) is 38.8 Å². The molecular weight excluding hydrogens is 356 g/mol. The summed E-state index contributed by atoms with van der Waals surface area (Å²) in [5.74, 6) is 1.17. The van der Waals surface area contributed by atoms with Crippen molar-refractivity contribution in [3.05, 3.63) is 60.3 Å². The number of likely N-dealkylation sites (tertiary alicyclic amines) is 1. The Morgan fingerprint density at radius 3 is 2.86 bits per heavy atom. The Labute approximate surface area is 163 Å². The van der Waals surface area contributed by atoms with Crippen molar-refractivity contribution >= 4 is 5.91 Å². The van der Waals surface area contributed by atoms with Crippen LogP contribution >= 0.6 is 0 Å². The third-order valence-corrected chi connectivity index (χ3v) is 4.90. The quantitative estimate of drug-likeness (QED) is 0.706. The van der Waals surface area contributed by atoms with Crippen LogP contribution in [0.1, 0.15) is 42.5 Å². The van der Waals surface area contributed by atoms with Gasteiger partial charge in [0.05, 0.1) is 18.5 Å². The highest BCUT2D eigenvalue weighted by Crippen LogP contribution is 2.25. The van der Waals surface area contributed by atoms with Crippen molar-refractivity contribution in [3.63, 3.8) is 0 Å². The summed E-state index contributed by atoms with van der Waals surface area (Å²) < 4.78 is 7.09. The lowest BCUT2D eigenvalue weighted by atomic mass is 10.0. The van der Waals surface area contributed by atoms with Crippen molar-refractivity contribution in [1.29, 1.82) is 0 Å². The van der Waals surface area contributed by atoms with Crippen LogP contribution in [0.15, 0.2) is 47.6 Å². The number of piperidine rings is 1. The monoisotopic (exact) mass is 380 g/mol. The number of carbonyl (C=O) groups is 1. The first kappa shape index (κ1) is 18.4. The van der Waals surface area contributed by atoms with Crippen molar-refractivity contribution in [2.24, 2.45) is 0 Å². The molecule has 3 aromatic rings. The van der Waals surface area contributed by atoms with Gasteiger partial charge in [0.1, 0.15) is 18.1 Å². The van der Waals surface area contributed by atoms with Gasteiger partial charge >= 0.3 is 0 Å². The molecule has 28 heavy (non-hydrogen) atoms. The largest absolute Gasteiger partial charge is 0.467 e. The number of amides is 1. The van der Waals surface area contributed by atoms with Crippen LogP contribution in [0.4, 0.5) is 0 Å². The van der Waals surface area contributed by atoms with Gasteiger partial charge in [0.25, 0.3) is 0 Å². The second-order valence-electron chi connectivity index (χ2n) is 7.00. The van der Waals surface area contributed by atoms with Crippen LogP contribution in [0.25, 0.3) is 5.95 Å². The summed E-state index contributed by atoms with van der Waals surface area (Å²) in [7, 11) is 0. The van der Waals surface area contributed by atoms with Gasteiger partial charge in [0, 0.05) is 18.1 Å². The van der Waals surface area contributed by atoms with Crippen LogP contribution in [-0.4, -0.2) is 43.4 Å². The Hall–Kier alpha value is -3.00. The van der Waals surface area contributed by atoms with Crippen molar-refractivity contribution in [2.75, 3.05) is 13.1 Å². The van der Waals surface area contributed by atoms with E-state index < -0.39 is 6.04 Å². The summed E-state index contributed by atoms with van der Waals surface area (Å²) in [4.78, 5) is 28.7. The molecule has 0 spiro atoms. The minimum absolute atomic E-state index is 0.0759. The summed E-state index contributed by atoms with van der Waals surface area (Å²) >= 11 is 0. The van der Waals surface area contributed by atoms with E-state index in [1.807, 2.05) is 25.1 Å². The van der Waals surface area contributed by atoms with E-state index in [1.54, 1.807) is 29.6 Å². The number of rotatable bonds is 6. The Morgan fingerprint density at radius 2 is 2.14 bits per heavy atom. The molecule has 1 aliphatic heterocycles. The maximum Gasteiger partial charge on any atom is 0.243 e. The van der Waals surface area contributed by atoms with E-state index in [9.17, 15) is 4.79 Å². The minimum atomic E-state index is -0.459. The van der Waals surface area contributed by atoms with Gasteiger partial charge < -0.3 is 9.73 Å². The fourth-order valence-electron chi connectivity index (χ4n) is 3.56. The van der Waals surface area contributed by atoms with E-state index >= 15 is 0 Å². The van der Waals surface area contributed by atoms with E-state index in [0.29, 0.717) is 18.2 Å². The maximum absolute atomic E-state index is 13.2. The van der Waals surface area contributed by atoms with E-state index in [4.69, 9.17) is 9.40 Å². The molecule has 1 fully saturated rings. The predicted octanol–water partition coefficient (Wildman–Crippen LogP) is 2.41. The first-order chi connectivity index (χ1) is 13.7. The third-order valence-electron chi connectivity index (χ3n) is 4.90. The van der Waals surface area contributed by atoms with Gasteiger partial charge in [-0.1, -0.05) is 6.42 Å². The highest BCUT2D eigenvalue weighted by atomic mass is 16.3. The van der Waals surface area contributed by atoms with Gasteiger partial charge in [-0.2, -0.15) is 0 Å². The van der Waals surface area contributed by atoms with Crippen LogP contribution in [0.2, 0.25) is 0 Å². The predicted molar refractivity (Wildman–Crippen MR) is 103 cm³/mol. The lowest BCUT2D eigenvalue weighted by Gasteiger charge is -2.33. The van der Waals surface area contributed by atoms with E-state index in [0.717, 1.165) is 37.4 Å². The molecule has 0 aliphatic carbocycles. The molecule has 0 aromatic carbocycles. The maximum atomic E-state index is 13.2. The Balaban J connectivity index is 1.63. The van der Waals surface area contributed by atoms with Gasteiger partial charge in [-0.25, -0.2) is 15.0 Å². The standard InChI is InChI=1S/C20H24N6O2/c1-15-12-17(24-20(23-15)26-10-7-21-14-26)18(25-8-3-2-4-9-25)19(27)22-13-16-6-5-11-28-16/h5-7,10-12,14,18H,2-4,8-9,13H2,1H3,(H,22,27). The lowest BCUT2D eigenvalue weighted by molar-refractivity contribution is -0.127. The molecule has 3 aromatic heterocycles. The molecule has 1 saturated heterocycles. The average Bonchev–Trinajstić information content (AvgIpc) is 3.41. The van der Waals surface area contributed by atoms with Gasteiger partial charge in [-0.15, -0.1) is 0 Å². The molecule has 1 amide bonds. The first-order valence-corrected chi connectivity index (χ1v) is 9.59. The van der Waals surface area contributed by atoms with Crippen LogP contribution < -0.4 is 5.32 Å². The van der Waals surface area contributed by atoms with Crippen molar-refractivity contribution in [3.8, 4) is 5.95 Å². The average molecular weight is 380 g/mol. The molecule has 8 heteroatoms. The van der Waals surface area contributed by atoms with Gasteiger partial charge in [0.2, 0.25) is 11.9 Å². The van der Waals surface area contributed by atoms with Gasteiger partial charge in [0.15, 0.2) is 0 Å². The molecule has 1 atom stereocenters. The van der Waals surface area contributed by atoms with Crippen molar-refractivity contribution < 1.29 is 9.21 Å². The molecule has 0 bridgehead atoms. The fraction of sp³-hybridized carbons (Fsp3) is 0.400. The van der Waals surface area contributed by atoms with E-state index in [2.05, 4.69) is 20.2 Å². The molecule has 0 saturated carbocycles. The smallest absolute Gasteiger partial charge is 0.243 e. The topological polar surface area (TPSA) is 89.1 Å². The second-order valence-corrected chi connectivity index (χ2v) is 7.00. The summed E-state index contributed by atoms with van der Waals surface area (Å²) in [6.45, 7) is 4.03. The van der Waals surface area contributed by atoms with Crippen LogP contribution in [-0.2, 0) is 11.3 Å². The lowest BCUT2D eigenvalue weighted by Crippen LogP contribution is -2.43. The summed E-state index contributed by atoms with van der Waals surface area (Å²) in [5.41, 5.74) is 1.52. The molecule has 0 radical (unpaired) electrons. The zero-order chi connectivity index (χ0) is 19.3. The van der Waals surface area contributed by atoms with E-state index in [-0.39, 0.29) is 5.91 Å². The molecule has 8 nitrogen and oxygen atoms in total. The zero-order valence-electron chi connectivity index (χ0n) is 15.9. The Morgan fingerprint density at radius 1 is 1.29 bits per heavy atom. The third kappa shape index (κ3) is 4.12. The van der Waals surface area contributed by atoms with Crippen molar-refractivity contribution in [1.82, 2.24) is 29.7 Å². The number of furan rings is 1. The molecule has 146 valence electrons. The minimum Gasteiger partial charge on any atom is -0.467 e. The summed E-state index contributed by atoms with van der Waals surface area (Å²) in [6.07, 6.45) is 10.1. The zero-order valence-corrected chi connectivity index (χ0v) is 15.9. The highest BCUT2D eigenvalue weighted by Gasteiger charge is 2.30. The molecule has 1 N–H and O–H groups in total. The van der Waals surface area contributed by atoms with Gasteiger partial charge in [-0.05, 0) is 51.1 Å². The number of nitrogens with zero attached hydrogens (tertiary/aromatic N) is 5. The highest BCUT2D eigenvalue weighted by molar-refractivity contribution is 5.82. The molecule has 1 unspecified atom stereocenters. The Kier molecular flexibility index (Phi) is 5.48. The Bertz CT molecular complexity index is 901. The molecule has 4 rings (SSSR count). The number of nitrogens with one attached hydrogen (secondary N) is 1. The SMILES string of the molecule is Cc1cc(C(C(=O)NCc2ccco2)N2CCCCC2)nc(-n2ccnc2)n1. The first-order valence-electron chi connectivity index (χ1n) is 9.59. The second kappa shape index (κ2) is 8.35. The van der Waals surface area contributed by atoms with Crippen LogP contribution in [0.5, 0.6) is 0 Å². The van der Waals surface area contributed by atoms with Crippen LogP contribution in [0, 0.1) is 6.92 Å². The normalized spacial score (nSPS) is 16.0. The van der Waals surface area contributed by atoms with E-state index in [1.165, 1.54) is 6.42 Å². The number of aromatic nitrogens is 4. The number of aryl methyl sites for hydroxylation is 1. The number of carbonyl (C=O) groups excluding carboxylic acids is 1. The molecule has 1 aliphatic rings. The molecule has 4 heterocycles. The van der Waals surface area contributed by atoms with Crippen LogP contribution in [0.3, 0.4) is 0 Å². The fourth-order valence-corrected chi connectivity index (χ4v) is 3.56. The summed E-state index contributed by atoms with van der Waals surface area (Å²) in [6, 6.07) is 5.10. The number of hydrogen-bond acceptors (Lipinski definition) is 6. The number of imidazole rings is 1. The molecular formula is C20H24N6O2. The summed E-state index contributed by atoms with van der Waals surface area (Å²) in [5, 5.41) is 3.00.